The van der Waals surface area contributed by atoms with E-state index in [1.54, 1.807) is 6.07 Å². The first-order chi connectivity index (χ1) is 5.27. The van der Waals surface area contributed by atoms with Crippen molar-refractivity contribution < 1.29 is 4.98 Å². The number of aromatic nitrogens is 3. The van der Waals surface area contributed by atoms with Crippen LogP contribution < -0.4 is 4.98 Å². The summed E-state index contributed by atoms with van der Waals surface area (Å²) in [6, 6.07) is 1.72. The number of nitrogens with one attached hydrogen (secondary N) is 2. The lowest BCUT2D eigenvalue weighted by molar-refractivity contribution is -0.352. The molecule has 11 heavy (non-hydrogen) atoms. The second-order valence-corrected chi connectivity index (χ2v) is 2.86. The Morgan fingerprint density at radius 1 is 1.45 bits per heavy atom. The number of hydrogen-bond donors (Lipinski definition) is 1. The molecule has 0 atom stereocenters. The number of aromatic amines is 2. The summed E-state index contributed by atoms with van der Waals surface area (Å²) in [6.45, 7) is 0. The summed E-state index contributed by atoms with van der Waals surface area (Å²) in [5.41, 5.74) is 0.787. The van der Waals surface area contributed by atoms with Crippen LogP contribution in [0.4, 0.5) is 0 Å². The molecule has 0 aliphatic carbocycles. The molecule has 0 unspecified atom stereocenters. The molecule has 2 heterocycles. The van der Waals surface area contributed by atoms with Gasteiger partial charge in [0.1, 0.15) is 5.39 Å². The van der Waals surface area contributed by atoms with Crippen molar-refractivity contribution in [2.24, 2.45) is 0 Å². The van der Waals surface area contributed by atoms with Crippen LogP contribution >= 0.6 is 23.2 Å². The molecule has 0 spiro atoms. The maximum Gasteiger partial charge on any atom is 0.236 e. The molecule has 5 heteroatoms. The van der Waals surface area contributed by atoms with E-state index in [-0.39, 0.29) is 0 Å². The summed E-state index contributed by atoms with van der Waals surface area (Å²) in [6.07, 6.45) is 1.51. The molecule has 0 saturated carbocycles. The topological polar surface area (TPSA) is 42.8 Å². The third kappa shape index (κ3) is 1.06. The molecule has 0 bridgehead atoms. The van der Waals surface area contributed by atoms with E-state index in [2.05, 4.69) is 15.0 Å². The molecule has 0 radical (unpaired) electrons. The van der Waals surface area contributed by atoms with Crippen molar-refractivity contribution >= 4 is 34.2 Å². The summed E-state index contributed by atoms with van der Waals surface area (Å²) >= 11 is 11.5. The lowest BCUT2D eigenvalue weighted by atomic mass is 10.4. The third-order valence-electron chi connectivity index (χ3n) is 1.39. The lowest BCUT2D eigenvalue weighted by Crippen LogP contribution is -2.03. The molecule has 0 saturated heterocycles. The van der Waals surface area contributed by atoms with Gasteiger partial charge >= 0.3 is 0 Å². The van der Waals surface area contributed by atoms with Crippen molar-refractivity contribution in [2.45, 2.75) is 0 Å². The fourth-order valence-corrected chi connectivity index (χ4v) is 1.32. The first kappa shape index (κ1) is 6.88. The average Bonchev–Trinajstić information content (AvgIpc) is 2.31. The van der Waals surface area contributed by atoms with E-state index < -0.39 is 0 Å². The van der Waals surface area contributed by atoms with E-state index in [1.807, 2.05) is 0 Å². The summed E-state index contributed by atoms with van der Waals surface area (Å²) in [4.78, 5) is 9.61. The van der Waals surface area contributed by atoms with Gasteiger partial charge in [-0.1, -0.05) is 4.98 Å². The lowest BCUT2D eigenvalue weighted by Gasteiger charge is -1.81. The first-order valence-corrected chi connectivity index (χ1v) is 3.73. The average molecular weight is 189 g/mol. The quantitative estimate of drug-likeness (QED) is 0.629. The van der Waals surface area contributed by atoms with E-state index in [4.69, 9.17) is 23.2 Å². The molecule has 56 valence electrons. The minimum Gasteiger partial charge on any atom is -0.263 e. The van der Waals surface area contributed by atoms with Crippen LogP contribution in [-0.4, -0.2) is 9.97 Å². The minimum atomic E-state index is 0.446. The zero-order chi connectivity index (χ0) is 7.84. The maximum absolute atomic E-state index is 5.76. The van der Waals surface area contributed by atoms with Crippen LogP contribution in [0.5, 0.6) is 0 Å². The van der Waals surface area contributed by atoms with Crippen LogP contribution in [0, 0.1) is 0 Å². The van der Waals surface area contributed by atoms with Crippen molar-refractivity contribution in [3.63, 3.8) is 0 Å². The Bertz CT molecular complexity index is 396. The van der Waals surface area contributed by atoms with Crippen LogP contribution in [-0.2, 0) is 0 Å². The molecule has 3 nitrogen and oxygen atoms in total. The normalized spacial score (nSPS) is 10.7. The standard InChI is InChI=1S/C6H3Cl2N3/c7-4-1-3-5(8)9-2-10-6(3)11-4/h1-2H,(H,9,10,11)/p+1. The minimum absolute atomic E-state index is 0.446. The Balaban J connectivity index is 2.90. The Kier molecular flexibility index (Phi) is 1.47. The monoisotopic (exact) mass is 188 g/mol. The molecular weight excluding hydrogens is 185 g/mol. The van der Waals surface area contributed by atoms with Gasteiger partial charge in [-0.25, -0.2) is 4.98 Å². The number of H-pyrrole nitrogens is 2. The Morgan fingerprint density at radius 2 is 2.27 bits per heavy atom. The molecule has 0 fully saturated rings. The highest BCUT2D eigenvalue weighted by Gasteiger charge is 2.09. The Labute approximate surface area is 72.4 Å². The van der Waals surface area contributed by atoms with E-state index in [0.717, 1.165) is 11.0 Å². The van der Waals surface area contributed by atoms with Gasteiger partial charge in [0.15, 0.2) is 5.15 Å². The van der Waals surface area contributed by atoms with Crippen LogP contribution in [0.3, 0.4) is 0 Å². The predicted octanol–water partition coefficient (Wildman–Crippen LogP) is 1.68. The van der Waals surface area contributed by atoms with Gasteiger partial charge in [0.05, 0.1) is 0 Å². The molecule has 0 amide bonds. The summed E-state index contributed by atoms with van der Waals surface area (Å²) in [5, 5.41) is 1.80. The van der Waals surface area contributed by atoms with Gasteiger partial charge < -0.3 is 0 Å². The van der Waals surface area contributed by atoms with Gasteiger partial charge in [0.2, 0.25) is 17.1 Å². The van der Waals surface area contributed by atoms with Crippen molar-refractivity contribution in [3.05, 3.63) is 22.7 Å². The van der Waals surface area contributed by atoms with Gasteiger partial charge in [0, 0.05) is 6.07 Å². The molecule has 2 aromatic rings. The van der Waals surface area contributed by atoms with Gasteiger partial charge in [-0.05, 0) is 23.2 Å². The zero-order valence-electron chi connectivity index (χ0n) is 5.36. The number of nitrogens with zero attached hydrogens (tertiary/aromatic N) is 1. The van der Waals surface area contributed by atoms with Crippen LogP contribution in [0.1, 0.15) is 0 Å². The molecule has 2 rings (SSSR count). The van der Waals surface area contributed by atoms with Crippen molar-refractivity contribution in [1.82, 2.24) is 9.97 Å². The predicted molar refractivity (Wildman–Crippen MR) is 42.7 cm³/mol. The van der Waals surface area contributed by atoms with Crippen molar-refractivity contribution in [1.29, 1.82) is 0 Å². The SMILES string of the molecule is Clc1cc2c(Cl)nc[nH+]c2[nH]1. The van der Waals surface area contributed by atoms with Gasteiger partial charge in [-0.2, -0.15) is 0 Å². The Morgan fingerprint density at radius 3 is 3.00 bits per heavy atom. The highest BCUT2D eigenvalue weighted by Crippen LogP contribution is 2.20. The van der Waals surface area contributed by atoms with Gasteiger partial charge in [-0.15, -0.1) is 0 Å². The largest absolute Gasteiger partial charge is 0.263 e. The third-order valence-corrected chi connectivity index (χ3v) is 1.90. The molecular formula is C6H4Cl2N3+. The smallest absolute Gasteiger partial charge is 0.236 e. The number of fused-ring (bicyclic) bond motifs is 1. The zero-order valence-corrected chi connectivity index (χ0v) is 6.87. The van der Waals surface area contributed by atoms with E-state index >= 15 is 0 Å². The fourth-order valence-electron chi connectivity index (χ4n) is 0.921. The van der Waals surface area contributed by atoms with E-state index in [1.165, 1.54) is 6.33 Å². The van der Waals surface area contributed by atoms with E-state index in [0.29, 0.717) is 10.3 Å². The van der Waals surface area contributed by atoms with Gasteiger partial charge in [0.25, 0.3) is 0 Å². The second-order valence-electron chi connectivity index (χ2n) is 2.10. The second kappa shape index (κ2) is 2.36. The molecule has 0 aliphatic heterocycles. The van der Waals surface area contributed by atoms with Gasteiger partial charge in [-0.3, -0.25) is 4.98 Å². The summed E-state index contributed by atoms with van der Waals surface area (Å²) < 4.78 is 0. The number of rotatable bonds is 0. The summed E-state index contributed by atoms with van der Waals surface area (Å²) in [5.74, 6) is 0. The molecule has 0 aliphatic rings. The highest BCUT2D eigenvalue weighted by atomic mass is 35.5. The van der Waals surface area contributed by atoms with Crippen LogP contribution in [0.25, 0.3) is 11.0 Å². The maximum atomic E-state index is 5.76. The number of hydrogen-bond acceptors (Lipinski definition) is 1. The molecule has 0 aromatic carbocycles. The van der Waals surface area contributed by atoms with Crippen LogP contribution in [0.15, 0.2) is 12.4 Å². The first-order valence-electron chi connectivity index (χ1n) is 2.98. The number of halogens is 2. The highest BCUT2D eigenvalue weighted by molar-refractivity contribution is 6.35. The molecule has 2 aromatic heterocycles. The summed E-state index contributed by atoms with van der Waals surface area (Å²) in [7, 11) is 0. The molecule has 2 N–H and O–H groups in total. The van der Waals surface area contributed by atoms with E-state index in [9.17, 15) is 0 Å². The van der Waals surface area contributed by atoms with Crippen molar-refractivity contribution in [3.8, 4) is 0 Å². The van der Waals surface area contributed by atoms with Crippen LogP contribution in [0.2, 0.25) is 10.3 Å². The Hall–Kier alpha value is -0.800. The fraction of sp³-hybridized carbons (Fsp3) is 0. The van der Waals surface area contributed by atoms with Crippen molar-refractivity contribution in [2.75, 3.05) is 0 Å².